The molecule has 2 unspecified atom stereocenters. The van der Waals surface area contributed by atoms with Crippen molar-refractivity contribution in [2.45, 2.75) is 33.6 Å². The molecule has 0 bridgehead atoms. The van der Waals surface area contributed by atoms with Crippen molar-refractivity contribution < 1.29 is 4.79 Å². The molecule has 58 valence electrons. The fourth-order valence-electron chi connectivity index (χ4n) is 1.92. The first-order valence-corrected chi connectivity index (χ1v) is 4.10. The number of hydrogen-bond acceptors (Lipinski definition) is 1. The van der Waals surface area contributed by atoms with Crippen molar-refractivity contribution in [3.05, 3.63) is 0 Å². The molecule has 1 fully saturated rings. The molecular weight excluding hydrogens is 124 g/mol. The number of carbonyl (C=O) groups excluding carboxylic acids is 1. The SMILES string of the molecule is CCCC1C(C=O)C1(C)C. The van der Waals surface area contributed by atoms with Crippen molar-refractivity contribution in [1.29, 1.82) is 0 Å². The van der Waals surface area contributed by atoms with Crippen LogP contribution in [0.25, 0.3) is 0 Å². The molecule has 0 heterocycles. The Hall–Kier alpha value is -0.330. The van der Waals surface area contributed by atoms with Crippen LogP contribution in [0.5, 0.6) is 0 Å². The molecule has 0 saturated heterocycles. The summed E-state index contributed by atoms with van der Waals surface area (Å²) in [5, 5.41) is 0. The highest BCUT2D eigenvalue weighted by Gasteiger charge is 2.56. The van der Waals surface area contributed by atoms with Crippen LogP contribution in [0.1, 0.15) is 33.6 Å². The van der Waals surface area contributed by atoms with Crippen molar-refractivity contribution in [3.8, 4) is 0 Å². The van der Waals surface area contributed by atoms with Gasteiger partial charge in [0.15, 0.2) is 0 Å². The second-order valence-corrected chi connectivity index (χ2v) is 3.88. The lowest BCUT2D eigenvalue weighted by Gasteiger charge is -1.98. The van der Waals surface area contributed by atoms with Crippen molar-refractivity contribution >= 4 is 6.29 Å². The topological polar surface area (TPSA) is 17.1 Å². The number of hydrogen-bond donors (Lipinski definition) is 0. The molecule has 0 aromatic carbocycles. The molecule has 0 radical (unpaired) electrons. The summed E-state index contributed by atoms with van der Waals surface area (Å²) in [6.45, 7) is 6.55. The average molecular weight is 140 g/mol. The van der Waals surface area contributed by atoms with Gasteiger partial charge in [-0.05, 0) is 17.8 Å². The summed E-state index contributed by atoms with van der Waals surface area (Å²) < 4.78 is 0. The van der Waals surface area contributed by atoms with Crippen LogP contribution in [0.15, 0.2) is 0 Å². The normalized spacial score (nSPS) is 35.5. The molecular formula is C9H16O. The predicted octanol–water partition coefficient (Wildman–Crippen LogP) is 2.26. The molecule has 0 aliphatic heterocycles. The Balaban J connectivity index is 2.44. The van der Waals surface area contributed by atoms with Gasteiger partial charge in [0.05, 0.1) is 0 Å². The van der Waals surface area contributed by atoms with E-state index in [1.54, 1.807) is 0 Å². The van der Waals surface area contributed by atoms with Gasteiger partial charge < -0.3 is 4.79 Å². The second-order valence-electron chi connectivity index (χ2n) is 3.88. The third kappa shape index (κ3) is 0.979. The predicted molar refractivity (Wildman–Crippen MR) is 41.7 cm³/mol. The van der Waals surface area contributed by atoms with E-state index >= 15 is 0 Å². The maximum atomic E-state index is 10.5. The first kappa shape index (κ1) is 7.77. The van der Waals surface area contributed by atoms with Crippen LogP contribution in [0.3, 0.4) is 0 Å². The highest BCUT2D eigenvalue weighted by atomic mass is 16.1. The third-order valence-electron chi connectivity index (χ3n) is 2.89. The summed E-state index contributed by atoms with van der Waals surface area (Å²) >= 11 is 0. The maximum Gasteiger partial charge on any atom is 0.123 e. The molecule has 1 rings (SSSR count). The Kier molecular flexibility index (Phi) is 1.84. The zero-order valence-electron chi connectivity index (χ0n) is 7.05. The number of carbonyl (C=O) groups is 1. The number of aldehydes is 1. The first-order chi connectivity index (χ1) is 4.64. The lowest BCUT2D eigenvalue weighted by Crippen LogP contribution is -1.90. The van der Waals surface area contributed by atoms with Crippen LogP contribution in [-0.2, 0) is 4.79 Å². The number of rotatable bonds is 3. The lowest BCUT2D eigenvalue weighted by molar-refractivity contribution is -0.109. The van der Waals surface area contributed by atoms with Gasteiger partial charge in [0.25, 0.3) is 0 Å². The highest BCUT2D eigenvalue weighted by molar-refractivity contribution is 5.61. The Morgan fingerprint density at radius 1 is 1.50 bits per heavy atom. The Morgan fingerprint density at radius 3 is 2.40 bits per heavy atom. The largest absolute Gasteiger partial charge is 0.303 e. The molecule has 2 atom stereocenters. The lowest BCUT2D eigenvalue weighted by atomic mass is 10.1. The van der Waals surface area contributed by atoms with Crippen LogP contribution in [0.2, 0.25) is 0 Å². The van der Waals surface area contributed by atoms with Gasteiger partial charge in [-0.2, -0.15) is 0 Å². The van der Waals surface area contributed by atoms with E-state index in [0.29, 0.717) is 17.3 Å². The van der Waals surface area contributed by atoms with Gasteiger partial charge in [0.1, 0.15) is 6.29 Å². The van der Waals surface area contributed by atoms with Gasteiger partial charge in [0, 0.05) is 5.92 Å². The van der Waals surface area contributed by atoms with E-state index in [-0.39, 0.29) is 0 Å². The summed E-state index contributed by atoms with van der Waals surface area (Å²) in [6.07, 6.45) is 3.55. The van der Waals surface area contributed by atoms with Gasteiger partial charge in [-0.15, -0.1) is 0 Å². The van der Waals surface area contributed by atoms with Crippen LogP contribution in [-0.4, -0.2) is 6.29 Å². The zero-order valence-corrected chi connectivity index (χ0v) is 7.05. The standard InChI is InChI=1S/C9H16O/c1-4-5-7-8(6-10)9(7,2)3/h6-8H,4-5H2,1-3H3. The summed E-state index contributed by atoms with van der Waals surface area (Å²) in [5.41, 5.74) is 0.317. The fourth-order valence-corrected chi connectivity index (χ4v) is 1.92. The third-order valence-corrected chi connectivity index (χ3v) is 2.89. The minimum atomic E-state index is 0.317. The molecule has 1 aliphatic rings. The minimum absolute atomic E-state index is 0.317. The van der Waals surface area contributed by atoms with E-state index in [4.69, 9.17) is 0 Å². The van der Waals surface area contributed by atoms with Crippen LogP contribution in [0.4, 0.5) is 0 Å². The minimum Gasteiger partial charge on any atom is -0.303 e. The molecule has 0 spiro atoms. The summed E-state index contributed by atoms with van der Waals surface area (Å²) in [5.74, 6) is 1.03. The molecule has 0 N–H and O–H groups in total. The van der Waals surface area contributed by atoms with E-state index < -0.39 is 0 Å². The average Bonchev–Trinajstić information content (AvgIpc) is 2.36. The quantitative estimate of drug-likeness (QED) is 0.549. The molecule has 1 nitrogen and oxygen atoms in total. The Bertz CT molecular complexity index is 138. The highest BCUT2D eigenvalue weighted by Crippen LogP contribution is 2.58. The van der Waals surface area contributed by atoms with Crippen molar-refractivity contribution in [2.75, 3.05) is 0 Å². The van der Waals surface area contributed by atoms with Crippen LogP contribution in [0, 0.1) is 17.3 Å². The summed E-state index contributed by atoms with van der Waals surface area (Å²) in [6, 6.07) is 0. The fraction of sp³-hybridized carbons (Fsp3) is 0.889. The summed E-state index contributed by atoms with van der Waals surface area (Å²) in [7, 11) is 0. The maximum absolute atomic E-state index is 10.5. The summed E-state index contributed by atoms with van der Waals surface area (Å²) in [4.78, 5) is 10.5. The smallest absolute Gasteiger partial charge is 0.123 e. The van der Waals surface area contributed by atoms with E-state index in [1.165, 1.54) is 12.8 Å². The van der Waals surface area contributed by atoms with Crippen LogP contribution >= 0.6 is 0 Å². The molecule has 1 aliphatic carbocycles. The molecule has 0 amide bonds. The van der Waals surface area contributed by atoms with Gasteiger partial charge in [-0.25, -0.2) is 0 Å². The van der Waals surface area contributed by atoms with E-state index in [0.717, 1.165) is 6.29 Å². The monoisotopic (exact) mass is 140 g/mol. The second kappa shape index (κ2) is 2.37. The molecule has 1 saturated carbocycles. The van der Waals surface area contributed by atoms with E-state index in [9.17, 15) is 4.79 Å². The zero-order chi connectivity index (χ0) is 7.78. The molecule has 1 heteroatoms. The van der Waals surface area contributed by atoms with Gasteiger partial charge in [-0.1, -0.05) is 27.2 Å². The van der Waals surface area contributed by atoms with Gasteiger partial charge in [0.2, 0.25) is 0 Å². The van der Waals surface area contributed by atoms with E-state index in [1.807, 2.05) is 0 Å². The van der Waals surface area contributed by atoms with Crippen molar-refractivity contribution in [1.82, 2.24) is 0 Å². The van der Waals surface area contributed by atoms with Crippen molar-refractivity contribution in [2.24, 2.45) is 17.3 Å². The van der Waals surface area contributed by atoms with Gasteiger partial charge >= 0.3 is 0 Å². The molecule has 10 heavy (non-hydrogen) atoms. The van der Waals surface area contributed by atoms with Gasteiger partial charge in [-0.3, -0.25) is 0 Å². The Morgan fingerprint density at radius 2 is 2.10 bits per heavy atom. The first-order valence-electron chi connectivity index (χ1n) is 4.10. The van der Waals surface area contributed by atoms with E-state index in [2.05, 4.69) is 20.8 Å². The Labute approximate surface area is 62.8 Å². The van der Waals surface area contributed by atoms with Crippen molar-refractivity contribution in [3.63, 3.8) is 0 Å². The molecule has 0 aromatic heterocycles. The van der Waals surface area contributed by atoms with Crippen LogP contribution < -0.4 is 0 Å². The molecule has 0 aromatic rings.